The summed E-state index contributed by atoms with van der Waals surface area (Å²) >= 11 is 3.39. The molecule has 0 aliphatic carbocycles. The molecule has 6 heteroatoms. The number of nitrogens with zero attached hydrogens (tertiary/aromatic N) is 2. The molecule has 3 rings (SSSR count). The van der Waals surface area contributed by atoms with Gasteiger partial charge in [0.15, 0.2) is 0 Å². The van der Waals surface area contributed by atoms with Crippen LogP contribution in [0.25, 0.3) is 0 Å². The van der Waals surface area contributed by atoms with Crippen molar-refractivity contribution < 1.29 is 14.0 Å². The number of hydrogen-bond donors (Lipinski definition) is 0. The van der Waals surface area contributed by atoms with E-state index in [4.69, 9.17) is 4.42 Å². The van der Waals surface area contributed by atoms with Crippen LogP contribution in [0.15, 0.2) is 81.9 Å². The summed E-state index contributed by atoms with van der Waals surface area (Å²) in [7, 11) is 0. The van der Waals surface area contributed by atoms with Gasteiger partial charge in [0, 0.05) is 23.1 Å². The van der Waals surface area contributed by atoms with Crippen LogP contribution in [-0.4, -0.2) is 41.2 Å². The Morgan fingerprint density at radius 2 is 1.65 bits per heavy atom. The Hall–Kier alpha value is -2.86. The van der Waals surface area contributed by atoms with E-state index in [9.17, 15) is 9.59 Å². The molecule has 0 saturated heterocycles. The van der Waals surface area contributed by atoms with Crippen LogP contribution in [0.5, 0.6) is 0 Å². The molecular weight excluding hydrogens is 456 g/mol. The number of carbonyl (C=O) groups excluding carboxylic acids is 2. The van der Waals surface area contributed by atoms with Crippen LogP contribution in [0.2, 0.25) is 0 Å². The predicted molar refractivity (Wildman–Crippen MR) is 125 cm³/mol. The van der Waals surface area contributed by atoms with E-state index in [2.05, 4.69) is 28.1 Å². The molecule has 0 radical (unpaired) electrons. The third-order valence-corrected chi connectivity index (χ3v) is 5.52. The number of hydrogen-bond acceptors (Lipinski definition) is 3. The van der Waals surface area contributed by atoms with Crippen LogP contribution in [-0.2, 0) is 17.8 Å². The van der Waals surface area contributed by atoms with Crippen molar-refractivity contribution in [2.75, 3.05) is 19.6 Å². The Bertz CT molecular complexity index is 956. The van der Waals surface area contributed by atoms with Gasteiger partial charge in [0.2, 0.25) is 5.91 Å². The zero-order valence-corrected chi connectivity index (χ0v) is 19.3. The zero-order chi connectivity index (χ0) is 22.1. The van der Waals surface area contributed by atoms with Crippen LogP contribution >= 0.6 is 15.9 Å². The summed E-state index contributed by atoms with van der Waals surface area (Å²) < 4.78 is 6.38. The fourth-order valence-electron chi connectivity index (χ4n) is 3.35. The molecule has 2 amide bonds. The molecule has 0 N–H and O–H groups in total. The average molecular weight is 483 g/mol. The summed E-state index contributed by atoms with van der Waals surface area (Å²) in [5.74, 6) is 0.498. The quantitative estimate of drug-likeness (QED) is 0.400. The number of furan rings is 1. The Balaban J connectivity index is 1.72. The Labute approximate surface area is 191 Å². The van der Waals surface area contributed by atoms with E-state index in [0.717, 1.165) is 28.6 Å². The van der Waals surface area contributed by atoms with Crippen molar-refractivity contribution in [1.82, 2.24) is 9.80 Å². The smallest absolute Gasteiger partial charge is 0.254 e. The second-order valence-electron chi connectivity index (χ2n) is 7.36. The number of rotatable bonds is 10. The lowest BCUT2D eigenvalue weighted by Crippen LogP contribution is -2.43. The van der Waals surface area contributed by atoms with Gasteiger partial charge in [-0.15, -0.1) is 0 Å². The first-order chi connectivity index (χ1) is 15.1. The molecule has 0 spiro atoms. The Morgan fingerprint density at radius 3 is 2.29 bits per heavy atom. The Morgan fingerprint density at radius 1 is 0.903 bits per heavy atom. The fourth-order valence-corrected chi connectivity index (χ4v) is 3.62. The van der Waals surface area contributed by atoms with E-state index in [1.807, 2.05) is 49.4 Å². The van der Waals surface area contributed by atoms with Gasteiger partial charge in [-0.2, -0.15) is 0 Å². The minimum Gasteiger partial charge on any atom is -0.467 e. The van der Waals surface area contributed by atoms with Crippen molar-refractivity contribution in [3.63, 3.8) is 0 Å². The van der Waals surface area contributed by atoms with Gasteiger partial charge < -0.3 is 14.2 Å². The third kappa shape index (κ3) is 6.82. The summed E-state index contributed by atoms with van der Waals surface area (Å²) in [4.78, 5) is 29.7. The van der Waals surface area contributed by atoms with E-state index >= 15 is 0 Å². The molecule has 0 fully saturated rings. The molecule has 0 aliphatic heterocycles. The van der Waals surface area contributed by atoms with Gasteiger partial charge in [-0.3, -0.25) is 9.59 Å². The highest BCUT2D eigenvalue weighted by molar-refractivity contribution is 9.10. The van der Waals surface area contributed by atoms with Crippen molar-refractivity contribution in [1.29, 1.82) is 0 Å². The Kier molecular flexibility index (Phi) is 8.47. The number of amides is 2. The normalized spacial score (nSPS) is 10.6. The molecule has 2 aromatic carbocycles. The largest absolute Gasteiger partial charge is 0.467 e. The SMILES string of the molecule is CCCN(CC(=O)N(CCc1ccccc1)Cc1ccco1)C(=O)c1ccc(Br)cc1. The summed E-state index contributed by atoms with van der Waals surface area (Å²) in [6, 6.07) is 21.0. The van der Waals surface area contributed by atoms with Crippen molar-refractivity contribution in [2.45, 2.75) is 26.3 Å². The second-order valence-corrected chi connectivity index (χ2v) is 8.28. The minimum atomic E-state index is -0.135. The van der Waals surface area contributed by atoms with E-state index in [1.54, 1.807) is 28.2 Å². The lowest BCUT2D eigenvalue weighted by atomic mass is 10.1. The van der Waals surface area contributed by atoms with Gasteiger partial charge in [-0.05, 0) is 54.8 Å². The molecule has 3 aromatic rings. The van der Waals surface area contributed by atoms with Crippen LogP contribution in [0.3, 0.4) is 0 Å². The molecular formula is C25H27BrN2O3. The number of halogens is 1. The second kappa shape index (κ2) is 11.5. The maximum Gasteiger partial charge on any atom is 0.254 e. The van der Waals surface area contributed by atoms with Crippen molar-refractivity contribution in [3.05, 3.63) is 94.4 Å². The highest BCUT2D eigenvalue weighted by atomic mass is 79.9. The number of carbonyl (C=O) groups is 2. The van der Waals surface area contributed by atoms with Gasteiger partial charge in [0.25, 0.3) is 5.91 Å². The fraction of sp³-hybridized carbons (Fsp3) is 0.280. The minimum absolute atomic E-state index is 0.0399. The molecule has 0 saturated carbocycles. The monoisotopic (exact) mass is 482 g/mol. The summed E-state index contributed by atoms with van der Waals surface area (Å²) in [5, 5.41) is 0. The van der Waals surface area contributed by atoms with Gasteiger partial charge in [0.05, 0.1) is 12.8 Å². The molecule has 5 nitrogen and oxygen atoms in total. The van der Waals surface area contributed by atoms with E-state index in [0.29, 0.717) is 25.2 Å². The number of benzene rings is 2. The van der Waals surface area contributed by atoms with Crippen molar-refractivity contribution >= 4 is 27.7 Å². The molecule has 1 heterocycles. The topological polar surface area (TPSA) is 53.8 Å². The average Bonchev–Trinajstić information content (AvgIpc) is 3.30. The van der Waals surface area contributed by atoms with E-state index < -0.39 is 0 Å². The molecule has 1 aromatic heterocycles. The molecule has 31 heavy (non-hydrogen) atoms. The first-order valence-corrected chi connectivity index (χ1v) is 11.2. The molecule has 162 valence electrons. The highest BCUT2D eigenvalue weighted by Crippen LogP contribution is 2.14. The maximum absolute atomic E-state index is 13.2. The van der Waals surface area contributed by atoms with Crippen LogP contribution < -0.4 is 0 Å². The van der Waals surface area contributed by atoms with Gasteiger partial charge in [0.1, 0.15) is 12.3 Å². The first-order valence-electron chi connectivity index (χ1n) is 10.5. The van der Waals surface area contributed by atoms with Crippen LogP contribution in [0.4, 0.5) is 0 Å². The molecule has 0 bridgehead atoms. The lowest BCUT2D eigenvalue weighted by Gasteiger charge is -2.27. The third-order valence-electron chi connectivity index (χ3n) is 4.99. The van der Waals surface area contributed by atoms with Gasteiger partial charge >= 0.3 is 0 Å². The van der Waals surface area contributed by atoms with Crippen molar-refractivity contribution in [2.24, 2.45) is 0 Å². The molecule has 0 unspecified atom stereocenters. The molecule has 0 aliphatic rings. The summed E-state index contributed by atoms with van der Waals surface area (Å²) in [6.45, 7) is 3.50. The standard InChI is InChI=1S/C25H27BrN2O3/c1-2-15-28(25(30)21-10-12-22(26)13-11-21)19-24(29)27(18-23-9-6-17-31-23)16-14-20-7-4-3-5-8-20/h3-13,17H,2,14-16,18-19H2,1H3. The predicted octanol–water partition coefficient (Wildman–Crippen LogP) is 5.17. The van der Waals surface area contributed by atoms with Gasteiger partial charge in [-0.1, -0.05) is 53.2 Å². The summed E-state index contributed by atoms with van der Waals surface area (Å²) in [6.07, 6.45) is 3.12. The van der Waals surface area contributed by atoms with Crippen LogP contribution in [0.1, 0.15) is 35.0 Å². The van der Waals surface area contributed by atoms with Crippen molar-refractivity contribution in [3.8, 4) is 0 Å². The molecule has 0 atom stereocenters. The zero-order valence-electron chi connectivity index (χ0n) is 17.7. The maximum atomic E-state index is 13.2. The lowest BCUT2D eigenvalue weighted by molar-refractivity contribution is -0.132. The first kappa shape index (κ1) is 22.8. The van der Waals surface area contributed by atoms with E-state index in [1.165, 1.54) is 0 Å². The van der Waals surface area contributed by atoms with E-state index in [-0.39, 0.29) is 18.4 Å². The highest BCUT2D eigenvalue weighted by Gasteiger charge is 2.22. The van der Waals surface area contributed by atoms with Gasteiger partial charge in [-0.25, -0.2) is 0 Å². The van der Waals surface area contributed by atoms with Crippen LogP contribution in [0, 0.1) is 0 Å². The summed E-state index contributed by atoms with van der Waals surface area (Å²) in [5.41, 5.74) is 1.74.